The van der Waals surface area contributed by atoms with Gasteiger partial charge in [-0.3, -0.25) is 0 Å². The van der Waals surface area contributed by atoms with Gasteiger partial charge in [0.05, 0.1) is 6.61 Å². The van der Waals surface area contributed by atoms with Gasteiger partial charge in [0, 0.05) is 5.92 Å². The number of hydrogen-bond donors (Lipinski definition) is 1. The zero-order valence-electron chi connectivity index (χ0n) is 13.2. The van der Waals surface area contributed by atoms with Crippen molar-refractivity contribution < 1.29 is 4.74 Å². The van der Waals surface area contributed by atoms with Crippen molar-refractivity contribution in [2.24, 2.45) is 11.3 Å². The summed E-state index contributed by atoms with van der Waals surface area (Å²) in [4.78, 5) is 0. The van der Waals surface area contributed by atoms with Crippen LogP contribution < -0.4 is 4.74 Å². The first-order chi connectivity index (χ1) is 8.64. The predicted molar refractivity (Wildman–Crippen MR) is 87.4 cm³/mol. The Bertz CT molecular complexity index is 398. The molecule has 0 amide bonds. The number of ether oxygens (including phenoxy) is 1. The summed E-state index contributed by atoms with van der Waals surface area (Å²) in [7, 11) is 0. The van der Waals surface area contributed by atoms with Gasteiger partial charge in [0.2, 0.25) is 0 Å². The molecule has 1 aromatic carbocycles. The van der Waals surface area contributed by atoms with Gasteiger partial charge >= 0.3 is 0 Å². The molecule has 2 heteroatoms. The highest BCUT2D eigenvalue weighted by Crippen LogP contribution is 2.29. The fourth-order valence-corrected chi connectivity index (χ4v) is 2.48. The van der Waals surface area contributed by atoms with Gasteiger partial charge in [0.15, 0.2) is 0 Å². The standard InChI is InChI=1S/C17H28OS/c1-16(2,3)13-8-7-9-15(10-13)18-11-14(12-19)17(4,5)6/h7-10,14,19H,11-12H2,1-6H3. The maximum Gasteiger partial charge on any atom is 0.119 e. The molecule has 1 aromatic rings. The summed E-state index contributed by atoms with van der Waals surface area (Å²) < 4.78 is 5.97. The highest BCUT2D eigenvalue weighted by molar-refractivity contribution is 7.80. The molecule has 0 aliphatic heterocycles. The highest BCUT2D eigenvalue weighted by Gasteiger charge is 2.24. The molecule has 0 spiro atoms. The van der Waals surface area contributed by atoms with Crippen LogP contribution in [0.15, 0.2) is 24.3 Å². The number of hydrogen-bond acceptors (Lipinski definition) is 2. The quantitative estimate of drug-likeness (QED) is 0.767. The van der Waals surface area contributed by atoms with Crippen molar-refractivity contribution in [3.05, 3.63) is 29.8 Å². The largest absolute Gasteiger partial charge is 0.493 e. The molecule has 0 bridgehead atoms. The first-order valence-corrected chi connectivity index (χ1v) is 7.62. The average Bonchev–Trinajstić information content (AvgIpc) is 2.27. The van der Waals surface area contributed by atoms with Crippen LogP contribution in [0.1, 0.15) is 47.1 Å². The van der Waals surface area contributed by atoms with Crippen molar-refractivity contribution in [2.75, 3.05) is 12.4 Å². The van der Waals surface area contributed by atoms with Gasteiger partial charge in [0.1, 0.15) is 5.75 Å². The minimum absolute atomic E-state index is 0.159. The van der Waals surface area contributed by atoms with Crippen LogP contribution in [0.2, 0.25) is 0 Å². The molecule has 19 heavy (non-hydrogen) atoms. The molecule has 0 radical (unpaired) electrons. The Balaban J connectivity index is 2.73. The van der Waals surface area contributed by atoms with Gasteiger partial charge in [-0.05, 0) is 34.3 Å². The van der Waals surface area contributed by atoms with E-state index in [1.165, 1.54) is 5.56 Å². The van der Waals surface area contributed by atoms with Crippen LogP contribution >= 0.6 is 12.6 Å². The van der Waals surface area contributed by atoms with Gasteiger partial charge in [-0.15, -0.1) is 0 Å². The lowest BCUT2D eigenvalue weighted by Gasteiger charge is -2.29. The zero-order valence-corrected chi connectivity index (χ0v) is 14.1. The van der Waals surface area contributed by atoms with Crippen molar-refractivity contribution in [1.29, 1.82) is 0 Å². The van der Waals surface area contributed by atoms with Gasteiger partial charge in [-0.1, -0.05) is 53.7 Å². The molecule has 0 saturated heterocycles. The molecule has 0 fully saturated rings. The maximum absolute atomic E-state index is 5.97. The Morgan fingerprint density at radius 2 is 1.74 bits per heavy atom. The van der Waals surface area contributed by atoms with E-state index in [4.69, 9.17) is 4.74 Å². The lowest BCUT2D eigenvalue weighted by Crippen LogP contribution is -2.28. The second-order valence-electron chi connectivity index (χ2n) is 7.33. The minimum atomic E-state index is 0.159. The van der Waals surface area contributed by atoms with Crippen molar-refractivity contribution in [2.45, 2.75) is 47.0 Å². The van der Waals surface area contributed by atoms with E-state index in [0.29, 0.717) is 5.92 Å². The Labute approximate surface area is 124 Å². The highest BCUT2D eigenvalue weighted by atomic mass is 32.1. The van der Waals surface area contributed by atoms with E-state index >= 15 is 0 Å². The summed E-state index contributed by atoms with van der Waals surface area (Å²) in [6.45, 7) is 14.1. The fourth-order valence-electron chi connectivity index (χ4n) is 1.83. The van der Waals surface area contributed by atoms with Crippen LogP contribution in [0.4, 0.5) is 0 Å². The third-order valence-corrected chi connectivity index (χ3v) is 4.04. The number of thiol groups is 1. The first kappa shape index (κ1) is 16.4. The molecule has 0 N–H and O–H groups in total. The molecule has 1 rings (SSSR count). The Kier molecular flexibility index (Phi) is 5.37. The lowest BCUT2D eigenvalue weighted by atomic mass is 9.82. The summed E-state index contributed by atoms with van der Waals surface area (Å²) in [5.41, 5.74) is 1.69. The number of benzene rings is 1. The van der Waals surface area contributed by atoms with Crippen LogP contribution in [0.3, 0.4) is 0 Å². The molecule has 0 heterocycles. The Morgan fingerprint density at radius 1 is 1.11 bits per heavy atom. The summed E-state index contributed by atoms with van der Waals surface area (Å²) in [6.07, 6.45) is 0. The molecular weight excluding hydrogens is 252 g/mol. The minimum Gasteiger partial charge on any atom is -0.493 e. The van der Waals surface area contributed by atoms with Gasteiger partial charge in [0.25, 0.3) is 0 Å². The van der Waals surface area contributed by atoms with Crippen molar-refractivity contribution >= 4 is 12.6 Å². The molecular formula is C17H28OS. The zero-order chi connectivity index (χ0) is 14.7. The van der Waals surface area contributed by atoms with Crippen LogP contribution in [-0.2, 0) is 5.41 Å². The fraction of sp³-hybridized carbons (Fsp3) is 0.647. The second kappa shape index (κ2) is 6.21. The van der Waals surface area contributed by atoms with E-state index in [2.05, 4.69) is 72.4 Å². The van der Waals surface area contributed by atoms with Gasteiger partial charge < -0.3 is 4.74 Å². The third kappa shape index (κ3) is 5.10. The van der Waals surface area contributed by atoms with Crippen molar-refractivity contribution in [3.8, 4) is 5.75 Å². The monoisotopic (exact) mass is 280 g/mol. The molecule has 0 aliphatic carbocycles. The average molecular weight is 280 g/mol. The molecule has 0 aromatic heterocycles. The lowest BCUT2D eigenvalue weighted by molar-refractivity contribution is 0.165. The summed E-state index contributed by atoms with van der Waals surface area (Å²) in [6, 6.07) is 8.42. The molecule has 1 atom stereocenters. The van der Waals surface area contributed by atoms with E-state index < -0.39 is 0 Å². The molecule has 108 valence electrons. The number of rotatable bonds is 4. The van der Waals surface area contributed by atoms with E-state index in [1.54, 1.807) is 0 Å². The first-order valence-electron chi connectivity index (χ1n) is 6.99. The van der Waals surface area contributed by atoms with E-state index in [-0.39, 0.29) is 10.8 Å². The van der Waals surface area contributed by atoms with Crippen molar-refractivity contribution in [3.63, 3.8) is 0 Å². The van der Waals surface area contributed by atoms with Crippen LogP contribution in [0.5, 0.6) is 5.75 Å². The third-order valence-electron chi connectivity index (χ3n) is 3.60. The van der Waals surface area contributed by atoms with Gasteiger partial charge in [-0.2, -0.15) is 12.6 Å². The smallest absolute Gasteiger partial charge is 0.119 e. The van der Waals surface area contributed by atoms with Crippen LogP contribution in [0.25, 0.3) is 0 Å². The Hall–Kier alpha value is -0.630. The normalized spacial score (nSPS) is 14.3. The van der Waals surface area contributed by atoms with E-state index in [1.807, 2.05) is 6.07 Å². The molecule has 0 aliphatic rings. The SMILES string of the molecule is CC(C)(C)c1cccc(OCC(CS)C(C)(C)C)c1. The van der Waals surface area contributed by atoms with E-state index in [0.717, 1.165) is 18.1 Å². The van der Waals surface area contributed by atoms with Crippen LogP contribution in [-0.4, -0.2) is 12.4 Å². The van der Waals surface area contributed by atoms with Gasteiger partial charge in [-0.25, -0.2) is 0 Å². The summed E-state index contributed by atoms with van der Waals surface area (Å²) in [5, 5.41) is 0. The van der Waals surface area contributed by atoms with Crippen molar-refractivity contribution in [1.82, 2.24) is 0 Å². The van der Waals surface area contributed by atoms with E-state index in [9.17, 15) is 0 Å². The Morgan fingerprint density at radius 3 is 2.21 bits per heavy atom. The molecule has 1 nitrogen and oxygen atoms in total. The maximum atomic E-state index is 5.97. The van der Waals surface area contributed by atoms with Crippen LogP contribution in [0, 0.1) is 11.3 Å². The summed E-state index contributed by atoms with van der Waals surface area (Å²) in [5.74, 6) is 2.26. The second-order valence-corrected chi connectivity index (χ2v) is 7.70. The topological polar surface area (TPSA) is 9.23 Å². The summed E-state index contributed by atoms with van der Waals surface area (Å²) >= 11 is 4.44. The predicted octanol–water partition coefficient (Wildman–Crippen LogP) is 4.96. The molecule has 1 unspecified atom stereocenters. The molecule has 0 saturated carbocycles.